The summed E-state index contributed by atoms with van der Waals surface area (Å²) >= 11 is 7.40. The van der Waals surface area contributed by atoms with Crippen molar-refractivity contribution in [1.29, 1.82) is 5.26 Å². The van der Waals surface area contributed by atoms with E-state index in [2.05, 4.69) is 21.0 Å². The molecule has 1 aromatic carbocycles. The van der Waals surface area contributed by atoms with Crippen LogP contribution in [0.4, 0.5) is 0 Å². The van der Waals surface area contributed by atoms with E-state index >= 15 is 0 Å². The molecule has 0 spiro atoms. The van der Waals surface area contributed by atoms with E-state index in [-0.39, 0.29) is 0 Å². The first kappa shape index (κ1) is 14.8. The van der Waals surface area contributed by atoms with Crippen LogP contribution in [-0.2, 0) is 0 Å². The molecule has 0 aliphatic carbocycles. The van der Waals surface area contributed by atoms with Crippen LogP contribution in [0.25, 0.3) is 10.8 Å². The third-order valence-corrected chi connectivity index (χ3v) is 3.99. The zero-order valence-corrected chi connectivity index (χ0v) is 13.3. The summed E-state index contributed by atoms with van der Waals surface area (Å²) in [6, 6.07) is 13.7. The van der Waals surface area contributed by atoms with Crippen molar-refractivity contribution in [2.45, 2.75) is 11.1 Å². The molecule has 0 fully saturated rings. The minimum atomic E-state index is -0.573. The van der Waals surface area contributed by atoms with Crippen LogP contribution in [0.5, 0.6) is 0 Å². The highest BCUT2D eigenvalue weighted by atomic mass is 35.5. The number of rotatable bonds is 3. The maximum absolute atomic E-state index is 9.56. The fourth-order valence-corrected chi connectivity index (χ4v) is 2.82. The van der Waals surface area contributed by atoms with Crippen LogP contribution in [0.15, 0.2) is 47.8 Å². The van der Waals surface area contributed by atoms with Crippen molar-refractivity contribution in [1.82, 2.24) is 15.0 Å². The quantitative estimate of drug-likeness (QED) is 0.412. The maximum atomic E-state index is 9.56. The average molecular weight is 327 g/mol. The Morgan fingerprint density at radius 1 is 1.14 bits per heavy atom. The standard InChI is InChI=1S/C16H11ClN4S/c1-22-16-20-14(7-15(17)21-16)12(8-18)13-6-10-4-2-3-5-11(10)9-19-13/h2-7,9,12H,1H3/t12-/m1/s1. The van der Waals surface area contributed by atoms with Gasteiger partial charge in [-0.1, -0.05) is 47.6 Å². The molecule has 0 N–H and O–H groups in total. The molecule has 6 heteroatoms. The fraction of sp³-hybridized carbons (Fsp3) is 0.125. The number of fused-ring (bicyclic) bond motifs is 1. The van der Waals surface area contributed by atoms with Crippen molar-refractivity contribution in [3.05, 3.63) is 59.1 Å². The minimum Gasteiger partial charge on any atom is -0.259 e. The van der Waals surface area contributed by atoms with Crippen molar-refractivity contribution in [2.24, 2.45) is 0 Å². The van der Waals surface area contributed by atoms with E-state index in [4.69, 9.17) is 11.6 Å². The van der Waals surface area contributed by atoms with Gasteiger partial charge in [0.05, 0.1) is 17.5 Å². The summed E-state index contributed by atoms with van der Waals surface area (Å²) in [5.74, 6) is -0.573. The second kappa shape index (κ2) is 6.30. The highest BCUT2D eigenvalue weighted by molar-refractivity contribution is 7.98. The summed E-state index contributed by atoms with van der Waals surface area (Å²) in [7, 11) is 0. The maximum Gasteiger partial charge on any atom is 0.188 e. The van der Waals surface area contributed by atoms with Gasteiger partial charge in [-0.25, -0.2) is 9.97 Å². The van der Waals surface area contributed by atoms with Crippen molar-refractivity contribution >= 4 is 34.1 Å². The predicted molar refractivity (Wildman–Crippen MR) is 88.0 cm³/mol. The Hall–Kier alpha value is -2.16. The lowest BCUT2D eigenvalue weighted by Gasteiger charge is -2.10. The van der Waals surface area contributed by atoms with Gasteiger partial charge < -0.3 is 0 Å². The highest BCUT2D eigenvalue weighted by Gasteiger charge is 2.19. The molecular weight excluding hydrogens is 316 g/mol. The second-order valence-corrected chi connectivity index (χ2v) is 5.78. The van der Waals surface area contributed by atoms with Gasteiger partial charge in [0.1, 0.15) is 11.1 Å². The van der Waals surface area contributed by atoms with E-state index in [9.17, 15) is 5.26 Å². The lowest BCUT2D eigenvalue weighted by molar-refractivity contribution is 0.847. The van der Waals surface area contributed by atoms with E-state index in [0.717, 1.165) is 10.8 Å². The number of hydrogen-bond acceptors (Lipinski definition) is 5. The minimum absolute atomic E-state index is 0.329. The zero-order chi connectivity index (χ0) is 15.5. The van der Waals surface area contributed by atoms with Crippen molar-refractivity contribution in [2.75, 3.05) is 6.26 Å². The first-order valence-electron chi connectivity index (χ1n) is 6.54. The molecule has 0 unspecified atom stereocenters. The number of pyridine rings is 1. The molecule has 22 heavy (non-hydrogen) atoms. The van der Waals surface area contributed by atoms with Crippen molar-refractivity contribution in [3.63, 3.8) is 0 Å². The molecule has 3 aromatic rings. The topological polar surface area (TPSA) is 62.5 Å². The van der Waals surface area contributed by atoms with Crippen LogP contribution >= 0.6 is 23.4 Å². The van der Waals surface area contributed by atoms with E-state index in [1.165, 1.54) is 11.8 Å². The normalized spacial score (nSPS) is 12.0. The molecule has 2 heterocycles. The first-order valence-corrected chi connectivity index (χ1v) is 8.14. The Bertz CT molecular complexity index is 875. The third-order valence-electron chi connectivity index (χ3n) is 3.25. The molecule has 1 atom stereocenters. The van der Waals surface area contributed by atoms with Crippen LogP contribution in [0.3, 0.4) is 0 Å². The Kier molecular flexibility index (Phi) is 4.23. The summed E-state index contributed by atoms with van der Waals surface area (Å²) in [5.41, 5.74) is 1.22. The van der Waals surface area contributed by atoms with Gasteiger partial charge in [-0.15, -0.1) is 0 Å². The van der Waals surface area contributed by atoms with Crippen LogP contribution in [0, 0.1) is 11.3 Å². The molecule has 0 bridgehead atoms. The van der Waals surface area contributed by atoms with Gasteiger partial charge in [0, 0.05) is 11.6 Å². The third kappa shape index (κ3) is 2.89. The van der Waals surface area contributed by atoms with Gasteiger partial charge in [-0.3, -0.25) is 4.98 Å². The summed E-state index contributed by atoms with van der Waals surface area (Å²) < 4.78 is 0. The number of halogens is 1. The van der Waals surface area contributed by atoms with Crippen LogP contribution in [0.1, 0.15) is 17.3 Å². The molecule has 0 saturated heterocycles. The monoisotopic (exact) mass is 326 g/mol. The van der Waals surface area contributed by atoms with E-state index in [1.807, 2.05) is 36.6 Å². The van der Waals surface area contributed by atoms with Gasteiger partial charge in [0.25, 0.3) is 0 Å². The molecule has 0 aliphatic heterocycles. The molecule has 2 aromatic heterocycles. The number of hydrogen-bond donors (Lipinski definition) is 0. The summed E-state index contributed by atoms with van der Waals surface area (Å²) in [6.45, 7) is 0. The first-order chi connectivity index (χ1) is 10.7. The second-order valence-electron chi connectivity index (χ2n) is 4.62. The van der Waals surface area contributed by atoms with Gasteiger partial charge in [0.2, 0.25) is 0 Å². The van der Waals surface area contributed by atoms with E-state index in [1.54, 1.807) is 12.3 Å². The summed E-state index contributed by atoms with van der Waals surface area (Å²) in [4.78, 5) is 12.9. The molecule has 0 radical (unpaired) electrons. The highest BCUT2D eigenvalue weighted by Crippen LogP contribution is 2.26. The molecule has 3 rings (SSSR count). The SMILES string of the molecule is CSc1nc(Cl)cc([C@H](C#N)c2cc3ccccc3cn2)n1. The smallest absolute Gasteiger partial charge is 0.188 e. The lowest BCUT2D eigenvalue weighted by atomic mass is 10.0. The van der Waals surface area contributed by atoms with Gasteiger partial charge in [-0.05, 0) is 23.8 Å². The lowest BCUT2D eigenvalue weighted by Crippen LogP contribution is -2.05. The zero-order valence-electron chi connectivity index (χ0n) is 11.7. The van der Waals surface area contributed by atoms with Crippen molar-refractivity contribution < 1.29 is 0 Å². The number of aromatic nitrogens is 3. The molecule has 4 nitrogen and oxygen atoms in total. The van der Waals surface area contributed by atoms with Crippen LogP contribution in [0.2, 0.25) is 5.15 Å². The van der Waals surface area contributed by atoms with Crippen LogP contribution in [-0.4, -0.2) is 21.2 Å². The van der Waals surface area contributed by atoms with E-state index in [0.29, 0.717) is 21.7 Å². The molecular formula is C16H11ClN4S. The summed E-state index contributed by atoms with van der Waals surface area (Å²) in [6.07, 6.45) is 3.64. The van der Waals surface area contributed by atoms with Gasteiger partial charge >= 0.3 is 0 Å². The van der Waals surface area contributed by atoms with Gasteiger partial charge in [0.15, 0.2) is 5.16 Å². The molecule has 108 valence electrons. The summed E-state index contributed by atoms with van der Waals surface area (Å²) in [5, 5.41) is 12.5. The molecule has 0 aliphatic rings. The fourth-order valence-electron chi connectivity index (χ4n) is 2.19. The largest absolute Gasteiger partial charge is 0.259 e. The predicted octanol–water partition coefficient (Wildman–Crippen LogP) is 4.06. The average Bonchev–Trinajstić information content (AvgIpc) is 2.55. The number of benzene rings is 1. The Balaban J connectivity index is 2.10. The molecule has 0 saturated carbocycles. The Morgan fingerprint density at radius 2 is 1.91 bits per heavy atom. The number of thioether (sulfide) groups is 1. The number of nitrogens with zero attached hydrogens (tertiary/aromatic N) is 4. The molecule has 0 amide bonds. The van der Waals surface area contributed by atoms with E-state index < -0.39 is 5.92 Å². The van der Waals surface area contributed by atoms with Crippen LogP contribution < -0.4 is 0 Å². The van der Waals surface area contributed by atoms with Gasteiger partial charge in [-0.2, -0.15) is 5.26 Å². The Labute approximate surface area is 137 Å². The number of nitriles is 1. The Morgan fingerprint density at radius 3 is 2.64 bits per heavy atom. The van der Waals surface area contributed by atoms with Crippen molar-refractivity contribution in [3.8, 4) is 6.07 Å².